The van der Waals surface area contributed by atoms with Crippen molar-refractivity contribution < 1.29 is 4.79 Å². The fraction of sp³-hybridized carbons (Fsp3) is 0.471. The highest BCUT2D eigenvalue weighted by atomic mass is 16.2. The molecule has 1 saturated heterocycles. The van der Waals surface area contributed by atoms with Crippen molar-refractivity contribution in [2.45, 2.75) is 19.5 Å². The minimum absolute atomic E-state index is 0.0372. The molecule has 3 rings (SSSR count). The van der Waals surface area contributed by atoms with E-state index in [1.807, 2.05) is 29.5 Å². The highest BCUT2D eigenvalue weighted by Crippen LogP contribution is 2.11. The van der Waals surface area contributed by atoms with Gasteiger partial charge in [-0.15, -0.1) is 10.2 Å². The first-order valence-electron chi connectivity index (χ1n) is 8.29. The van der Waals surface area contributed by atoms with Crippen LogP contribution >= 0.6 is 0 Å². The third-order valence-electron chi connectivity index (χ3n) is 4.38. The van der Waals surface area contributed by atoms with Crippen LogP contribution in [0.2, 0.25) is 0 Å². The quantitative estimate of drug-likeness (QED) is 0.921. The van der Waals surface area contributed by atoms with E-state index in [2.05, 4.69) is 44.7 Å². The van der Waals surface area contributed by atoms with Crippen LogP contribution < -0.4 is 5.32 Å². The molecule has 2 heterocycles. The number of rotatable bonds is 4. The predicted molar refractivity (Wildman–Crippen MR) is 91.2 cm³/mol. The highest BCUT2D eigenvalue weighted by molar-refractivity contribution is 5.74. The van der Waals surface area contributed by atoms with Crippen molar-refractivity contribution >= 4 is 6.03 Å². The molecule has 1 N–H and O–H groups in total. The van der Waals surface area contributed by atoms with E-state index in [9.17, 15) is 4.79 Å². The zero-order valence-corrected chi connectivity index (χ0v) is 14.2. The lowest BCUT2D eigenvalue weighted by Gasteiger charge is -2.35. The third-order valence-corrected chi connectivity index (χ3v) is 4.38. The molecule has 1 aliphatic rings. The first-order valence-corrected chi connectivity index (χ1v) is 8.29. The Morgan fingerprint density at radius 2 is 1.92 bits per heavy atom. The van der Waals surface area contributed by atoms with Crippen molar-refractivity contribution in [1.29, 1.82) is 0 Å². The number of aryl methyl sites for hydroxylation is 1. The lowest BCUT2D eigenvalue weighted by molar-refractivity contribution is 0.133. The van der Waals surface area contributed by atoms with Gasteiger partial charge in [0.2, 0.25) is 0 Å². The molecule has 7 heteroatoms. The summed E-state index contributed by atoms with van der Waals surface area (Å²) in [6, 6.07) is 10.2. The fourth-order valence-corrected chi connectivity index (χ4v) is 2.98. The van der Waals surface area contributed by atoms with Crippen molar-refractivity contribution in [1.82, 2.24) is 29.9 Å². The molecular weight excluding hydrogens is 304 g/mol. The molecule has 1 atom stereocenters. The van der Waals surface area contributed by atoms with Crippen LogP contribution in [0.3, 0.4) is 0 Å². The molecule has 0 radical (unpaired) electrons. The molecule has 7 nitrogen and oxygen atoms in total. The number of hydrogen-bond acceptors (Lipinski definition) is 4. The van der Waals surface area contributed by atoms with Crippen LogP contribution in [-0.2, 0) is 13.6 Å². The summed E-state index contributed by atoms with van der Waals surface area (Å²) in [7, 11) is 1.88. The number of amides is 2. The summed E-state index contributed by atoms with van der Waals surface area (Å²) >= 11 is 0. The van der Waals surface area contributed by atoms with Crippen molar-refractivity contribution in [3.05, 3.63) is 48.0 Å². The molecule has 1 fully saturated rings. The lowest BCUT2D eigenvalue weighted by atomic mass is 10.2. The van der Waals surface area contributed by atoms with Gasteiger partial charge in [-0.05, 0) is 12.5 Å². The zero-order chi connectivity index (χ0) is 16.9. The summed E-state index contributed by atoms with van der Waals surface area (Å²) in [6.45, 7) is 6.12. The number of urea groups is 1. The van der Waals surface area contributed by atoms with E-state index in [1.54, 1.807) is 6.33 Å². The van der Waals surface area contributed by atoms with Crippen LogP contribution in [0.5, 0.6) is 0 Å². The molecule has 1 aromatic carbocycles. The molecular formula is C17H24N6O. The number of nitrogens with one attached hydrogen (secondary N) is 1. The first kappa shape index (κ1) is 16.4. The van der Waals surface area contributed by atoms with Gasteiger partial charge in [-0.1, -0.05) is 30.3 Å². The van der Waals surface area contributed by atoms with Gasteiger partial charge in [-0.3, -0.25) is 4.90 Å². The summed E-state index contributed by atoms with van der Waals surface area (Å²) < 4.78 is 1.82. The standard InChI is InChI=1S/C17H24N6O/c1-14(16-20-18-13-21(16)2)19-17(24)23-10-8-22(9-11-23)12-15-6-4-3-5-7-15/h3-7,13-14H,8-12H2,1-2H3,(H,19,24)/t14-/m0/s1. The van der Waals surface area contributed by atoms with Crippen LogP contribution in [0.25, 0.3) is 0 Å². The largest absolute Gasteiger partial charge is 0.328 e. The maximum absolute atomic E-state index is 12.4. The maximum Gasteiger partial charge on any atom is 0.318 e. The van der Waals surface area contributed by atoms with Crippen molar-refractivity contribution in [3.63, 3.8) is 0 Å². The molecule has 2 amide bonds. The Kier molecular flexibility index (Phi) is 5.10. The number of benzene rings is 1. The summed E-state index contributed by atoms with van der Waals surface area (Å²) in [5.74, 6) is 0.756. The highest BCUT2D eigenvalue weighted by Gasteiger charge is 2.23. The molecule has 1 aliphatic heterocycles. The van der Waals surface area contributed by atoms with Gasteiger partial charge in [0.15, 0.2) is 5.82 Å². The van der Waals surface area contributed by atoms with Crippen LogP contribution in [0.15, 0.2) is 36.7 Å². The number of aromatic nitrogens is 3. The van der Waals surface area contributed by atoms with Crippen LogP contribution in [-0.4, -0.2) is 56.8 Å². The number of hydrogen-bond donors (Lipinski definition) is 1. The van der Waals surface area contributed by atoms with Crippen LogP contribution in [0.4, 0.5) is 4.79 Å². The van der Waals surface area contributed by atoms with Gasteiger partial charge in [0.1, 0.15) is 6.33 Å². The number of carbonyl (C=O) groups is 1. The van der Waals surface area contributed by atoms with Gasteiger partial charge in [0.25, 0.3) is 0 Å². The van der Waals surface area contributed by atoms with E-state index in [0.29, 0.717) is 0 Å². The van der Waals surface area contributed by atoms with Gasteiger partial charge in [0, 0.05) is 39.8 Å². The molecule has 24 heavy (non-hydrogen) atoms. The molecule has 0 aliphatic carbocycles. The fourth-order valence-electron chi connectivity index (χ4n) is 2.98. The third kappa shape index (κ3) is 3.91. The predicted octanol–water partition coefficient (Wildman–Crippen LogP) is 1.40. The van der Waals surface area contributed by atoms with E-state index in [0.717, 1.165) is 38.5 Å². The Hall–Kier alpha value is -2.41. The normalized spacial score (nSPS) is 16.8. The Balaban J connectivity index is 1.47. The van der Waals surface area contributed by atoms with E-state index in [1.165, 1.54) is 5.56 Å². The zero-order valence-electron chi connectivity index (χ0n) is 14.2. The molecule has 2 aromatic rings. The maximum atomic E-state index is 12.4. The Morgan fingerprint density at radius 3 is 2.54 bits per heavy atom. The Bertz CT molecular complexity index is 663. The van der Waals surface area contributed by atoms with Gasteiger partial charge >= 0.3 is 6.03 Å². The SMILES string of the molecule is C[C@H](NC(=O)N1CCN(Cc2ccccc2)CC1)c1nncn1C. The second-order valence-electron chi connectivity index (χ2n) is 6.22. The van der Waals surface area contributed by atoms with E-state index in [4.69, 9.17) is 0 Å². The van der Waals surface area contributed by atoms with Crippen molar-refractivity contribution in [3.8, 4) is 0 Å². The van der Waals surface area contributed by atoms with E-state index >= 15 is 0 Å². The van der Waals surface area contributed by atoms with Crippen molar-refractivity contribution in [2.75, 3.05) is 26.2 Å². The topological polar surface area (TPSA) is 66.3 Å². The van der Waals surface area contributed by atoms with Gasteiger partial charge in [-0.25, -0.2) is 4.79 Å². The molecule has 0 saturated carbocycles. The molecule has 0 unspecified atom stereocenters. The van der Waals surface area contributed by atoms with Gasteiger partial charge in [0.05, 0.1) is 6.04 Å². The molecule has 0 spiro atoms. The molecule has 0 bridgehead atoms. The Labute approximate surface area is 142 Å². The number of carbonyl (C=O) groups excluding carboxylic acids is 1. The monoisotopic (exact) mass is 328 g/mol. The number of nitrogens with zero attached hydrogens (tertiary/aromatic N) is 5. The second kappa shape index (κ2) is 7.44. The van der Waals surface area contributed by atoms with Gasteiger partial charge in [-0.2, -0.15) is 0 Å². The molecule has 1 aromatic heterocycles. The van der Waals surface area contributed by atoms with E-state index in [-0.39, 0.29) is 12.1 Å². The minimum atomic E-state index is -0.160. The average Bonchev–Trinajstić information content (AvgIpc) is 3.02. The first-order chi connectivity index (χ1) is 11.6. The summed E-state index contributed by atoms with van der Waals surface area (Å²) in [5, 5.41) is 10.9. The average molecular weight is 328 g/mol. The minimum Gasteiger partial charge on any atom is -0.328 e. The van der Waals surface area contributed by atoms with Crippen LogP contribution in [0, 0.1) is 0 Å². The van der Waals surface area contributed by atoms with E-state index < -0.39 is 0 Å². The summed E-state index contributed by atoms with van der Waals surface area (Å²) in [4.78, 5) is 16.7. The summed E-state index contributed by atoms with van der Waals surface area (Å²) in [6.07, 6.45) is 1.64. The Morgan fingerprint density at radius 1 is 1.21 bits per heavy atom. The van der Waals surface area contributed by atoms with Crippen LogP contribution in [0.1, 0.15) is 24.4 Å². The van der Waals surface area contributed by atoms with Gasteiger partial charge < -0.3 is 14.8 Å². The number of piperazine rings is 1. The lowest BCUT2D eigenvalue weighted by Crippen LogP contribution is -2.51. The smallest absolute Gasteiger partial charge is 0.318 e. The van der Waals surface area contributed by atoms with Crippen molar-refractivity contribution in [2.24, 2.45) is 7.05 Å². The summed E-state index contributed by atoms with van der Waals surface area (Å²) in [5.41, 5.74) is 1.31. The second-order valence-corrected chi connectivity index (χ2v) is 6.22. The molecule has 128 valence electrons.